The molecule has 0 saturated carbocycles. The predicted molar refractivity (Wildman–Crippen MR) is 80.5 cm³/mol. The van der Waals surface area contributed by atoms with Crippen LogP contribution in [0, 0.1) is 0 Å². The molecular formula is C13H19N3OS2. The number of hydrogen-bond acceptors (Lipinski definition) is 6. The van der Waals surface area contributed by atoms with Crippen LogP contribution in [0.15, 0.2) is 10.9 Å². The highest BCUT2D eigenvalue weighted by Gasteiger charge is 2.16. The summed E-state index contributed by atoms with van der Waals surface area (Å²) in [5, 5.41) is 6.49. The molecule has 6 heteroatoms. The van der Waals surface area contributed by atoms with Gasteiger partial charge in [0.05, 0.1) is 17.8 Å². The summed E-state index contributed by atoms with van der Waals surface area (Å²) in [6, 6.07) is 0. The van der Waals surface area contributed by atoms with Gasteiger partial charge in [-0.15, -0.1) is 22.7 Å². The van der Waals surface area contributed by atoms with Gasteiger partial charge in [0.2, 0.25) is 0 Å². The van der Waals surface area contributed by atoms with Crippen molar-refractivity contribution < 1.29 is 4.74 Å². The van der Waals surface area contributed by atoms with E-state index in [1.54, 1.807) is 29.8 Å². The van der Waals surface area contributed by atoms with Crippen LogP contribution in [-0.2, 0) is 17.9 Å². The second kappa shape index (κ2) is 6.09. The normalized spacial score (nSPS) is 12.0. The van der Waals surface area contributed by atoms with Gasteiger partial charge >= 0.3 is 0 Å². The van der Waals surface area contributed by atoms with Crippen molar-refractivity contribution in [1.29, 1.82) is 0 Å². The van der Waals surface area contributed by atoms with E-state index in [1.807, 2.05) is 10.9 Å². The zero-order chi connectivity index (χ0) is 13.9. The van der Waals surface area contributed by atoms with Gasteiger partial charge in [-0.05, 0) is 20.8 Å². The third-order valence-electron chi connectivity index (χ3n) is 2.49. The molecular weight excluding hydrogens is 278 g/mol. The molecule has 0 radical (unpaired) electrons. The van der Waals surface area contributed by atoms with Gasteiger partial charge in [-0.1, -0.05) is 0 Å². The van der Waals surface area contributed by atoms with Gasteiger partial charge in [-0.3, -0.25) is 0 Å². The fraction of sp³-hybridized carbons (Fsp3) is 0.538. The third kappa shape index (κ3) is 4.07. The second-order valence-corrected chi connectivity index (χ2v) is 7.10. The number of nitrogens with zero attached hydrogens (tertiary/aromatic N) is 2. The summed E-state index contributed by atoms with van der Waals surface area (Å²) in [4.78, 5) is 10.2. The van der Waals surface area contributed by atoms with Crippen LogP contribution in [0.2, 0.25) is 0 Å². The lowest BCUT2D eigenvalue weighted by molar-refractivity contribution is 0.181. The molecule has 0 aromatic carbocycles. The van der Waals surface area contributed by atoms with E-state index in [2.05, 4.69) is 36.1 Å². The van der Waals surface area contributed by atoms with Crippen LogP contribution >= 0.6 is 22.7 Å². The van der Waals surface area contributed by atoms with Crippen molar-refractivity contribution in [3.63, 3.8) is 0 Å². The van der Waals surface area contributed by atoms with E-state index in [1.165, 1.54) is 4.88 Å². The highest BCUT2D eigenvalue weighted by Crippen LogP contribution is 2.28. The fourth-order valence-electron chi connectivity index (χ4n) is 1.54. The van der Waals surface area contributed by atoms with Crippen LogP contribution in [0.25, 0.3) is 10.7 Å². The van der Waals surface area contributed by atoms with Crippen molar-refractivity contribution in [3.05, 3.63) is 21.5 Å². The Morgan fingerprint density at radius 2 is 2.16 bits per heavy atom. The zero-order valence-corrected chi connectivity index (χ0v) is 13.3. The van der Waals surface area contributed by atoms with E-state index in [-0.39, 0.29) is 5.54 Å². The Morgan fingerprint density at radius 3 is 2.74 bits per heavy atom. The lowest BCUT2D eigenvalue weighted by Crippen LogP contribution is -2.35. The number of nitrogens with one attached hydrogen (secondary N) is 1. The van der Waals surface area contributed by atoms with Gasteiger partial charge in [0, 0.05) is 29.5 Å². The van der Waals surface area contributed by atoms with Crippen molar-refractivity contribution in [3.8, 4) is 10.7 Å². The molecule has 0 unspecified atom stereocenters. The van der Waals surface area contributed by atoms with E-state index in [0.717, 1.165) is 22.9 Å². The minimum absolute atomic E-state index is 0.0924. The van der Waals surface area contributed by atoms with Crippen LogP contribution in [0.5, 0.6) is 0 Å². The topological polar surface area (TPSA) is 47.0 Å². The molecule has 19 heavy (non-hydrogen) atoms. The number of thiazole rings is 2. The Hall–Kier alpha value is -0.820. The summed E-state index contributed by atoms with van der Waals surface area (Å²) in [5.41, 5.74) is 3.89. The quantitative estimate of drug-likeness (QED) is 0.920. The van der Waals surface area contributed by atoms with Gasteiger partial charge in [0.15, 0.2) is 0 Å². The molecule has 0 saturated heterocycles. The van der Waals surface area contributed by atoms with Crippen LogP contribution in [-0.4, -0.2) is 22.6 Å². The molecule has 0 amide bonds. The summed E-state index contributed by atoms with van der Waals surface area (Å²) >= 11 is 3.28. The molecule has 0 atom stereocenters. The molecule has 4 nitrogen and oxygen atoms in total. The summed E-state index contributed by atoms with van der Waals surface area (Å²) in [6.07, 6.45) is 0. The molecule has 1 N–H and O–H groups in total. The summed E-state index contributed by atoms with van der Waals surface area (Å²) < 4.78 is 5.23. The molecule has 0 aliphatic heterocycles. The molecule has 2 aromatic rings. The van der Waals surface area contributed by atoms with Gasteiger partial charge in [0.25, 0.3) is 0 Å². The molecule has 0 spiro atoms. The smallest absolute Gasteiger partial charge is 0.143 e. The van der Waals surface area contributed by atoms with Gasteiger partial charge in [0.1, 0.15) is 10.7 Å². The van der Waals surface area contributed by atoms with Gasteiger partial charge in [-0.2, -0.15) is 0 Å². The fourth-order valence-corrected chi connectivity index (χ4v) is 3.13. The minimum Gasteiger partial charge on any atom is -0.378 e. The van der Waals surface area contributed by atoms with Crippen molar-refractivity contribution in [2.45, 2.75) is 39.5 Å². The van der Waals surface area contributed by atoms with Crippen molar-refractivity contribution in [2.75, 3.05) is 7.11 Å². The van der Waals surface area contributed by atoms with E-state index >= 15 is 0 Å². The third-order valence-corrected chi connectivity index (χ3v) is 4.20. The van der Waals surface area contributed by atoms with Crippen LogP contribution < -0.4 is 5.32 Å². The van der Waals surface area contributed by atoms with Crippen LogP contribution in [0.4, 0.5) is 0 Å². The Morgan fingerprint density at radius 1 is 1.37 bits per heavy atom. The van der Waals surface area contributed by atoms with Crippen LogP contribution in [0.3, 0.4) is 0 Å². The van der Waals surface area contributed by atoms with E-state index in [4.69, 9.17) is 4.74 Å². The minimum atomic E-state index is 0.0924. The Kier molecular flexibility index (Phi) is 4.67. The summed E-state index contributed by atoms with van der Waals surface area (Å²) in [5.74, 6) is 0. The summed E-state index contributed by atoms with van der Waals surface area (Å²) in [6.45, 7) is 7.83. The van der Waals surface area contributed by atoms with Crippen molar-refractivity contribution in [2.24, 2.45) is 0 Å². The van der Waals surface area contributed by atoms with E-state index in [0.29, 0.717) is 6.61 Å². The molecule has 2 aromatic heterocycles. The number of ether oxygens (including phenoxy) is 1. The van der Waals surface area contributed by atoms with Crippen LogP contribution in [0.1, 0.15) is 31.3 Å². The molecule has 104 valence electrons. The van der Waals surface area contributed by atoms with E-state index < -0.39 is 0 Å². The average Bonchev–Trinajstić information content (AvgIpc) is 2.94. The maximum Gasteiger partial charge on any atom is 0.143 e. The first-order valence-electron chi connectivity index (χ1n) is 6.10. The SMILES string of the molecule is COCc1nc(-c2cscn2)sc1CNC(C)(C)C. The predicted octanol–water partition coefficient (Wildman–Crippen LogP) is 3.30. The molecule has 2 rings (SSSR count). The first-order valence-corrected chi connectivity index (χ1v) is 7.86. The number of aromatic nitrogens is 2. The van der Waals surface area contributed by atoms with Gasteiger partial charge in [-0.25, -0.2) is 9.97 Å². The number of rotatable bonds is 5. The molecule has 2 heterocycles. The number of methoxy groups -OCH3 is 1. The standard InChI is InChI=1S/C13H19N3OS2/c1-13(2,3)15-5-11-9(6-17-4)16-12(19-11)10-7-18-8-14-10/h7-8,15H,5-6H2,1-4H3. The highest BCUT2D eigenvalue weighted by molar-refractivity contribution is 7.15. The second-order valence-electron chi connectivity index (χ2n) is 5.30. The van der Waals surface area contributed by atoms with E-state index in [9.17, 15) is 0 Å². The number of hydrogen-bond donors (Lipinski definition) is 1. The molecule has 0 aliphatic rings. The maximum atomic E-state index is 5.23. The Balaban J connectivity index is 2.21. The highest BCUT2D eigenvalue weighted by atomic mass is 32.1. The Labute approximate surface area is 121 Å². The molecule has 0 fully saturated rings. The molecule has 0 aliphatic carbocycles. The largest absolute Gasteiger partial charge is 0.378 e. The summed E-state index contributed by atoms with van der Waals surface area (Å²) in [7, 11) is 1.70. The first-order chi connectivity index (χ1) is 8.99. The lowest BCUT2D eigenvalue weighted by Gasteiger charge is -2.20. The lowest BCUT2D eigenvalue weighted by atomic mass is 10.1. The first kappa shape index (κ1) is 14.6. The average molecular weight is 297 g/mol. The molecule has 0 bridgehead atoms. The zero-order valence-electron chi connectivity index (χ0n) is 11.7. The van der Waals surface area contributed by atoms with Gasteiger partial charge < -0.3 is 10.1 Å². The Bertz CT molecular complexity index is 514. The maximum absolute atomic E-state index is 5.23. The van der Waals surface area contributed by atoms with Crippen molar-refractivity contribution in [1.82, 2.24) is 15.3 Å². The monoisotopic (exact) mass is 297 g/mol. The van der Waals surface area contributed by atoms with Crippen molar-refractivity contribution >= 4 is 22.7 Å².